The number of benzene rings is 1. The minimum atomic E-state index is -0.355. The number of amides is 1. The second-order valence-electron chi connectivity index (χ2n) is 7.38. The molecule has 0 radical (unpaired) electrons. The summed E-state index contributed by atoms with van der Waals surface area (Å²) in [5.41, 5.74) is 8.11. The van der Waals surface area contributed by atoms with E-state index >= 15 is 0 Å². The van der Waals surface area contributed by atoms with Gasteiger partial charge >= 0.3 is 0 Å². The molecule has 1 amide bonds. The number of carbonyl (C=O) groups excluding carboxylic acids is 1. The number of carbonyl (C=O) groups is 1. The quantitative estimate of drug-likeness (QED) is 0.519. The highest BCUT2D eigenvalue weighted by Gasteiger charge is 2.20. The predicted octanol–water partition coefficient (Wildman–Crippen LogP) is 2.78. The second-order valence-corrected chi connectivity index (χ2v) is 7.38. The molecule has 0 saturated carbocycles. The standard InChI is InChI=1S/C20H22FN7O2/c1-11-7-13(21)8-14-17(11)25-20(22)28-18(14)24-16(26-28)6-4-5-12(2)27(3)19(29)15-9-30-10-23-15/h7-10,12H,4-6H2,1-3H3,(H2,22,25)/t12-/m0/s1. The van der Waals surface area contributed by atoms with Crippen LogP contribution in [0.2, 0.25) is 0 Å². The van der Waals surface area contributed by atoms with Crippen LogP contribution in [0.3, 0.4) is 0 Å². The van der Waals surface area contributed by atoms with Crippen LogP contribution in [0.5, 0.6) is 0 Å². The molecule has 30 heavy (non-hydrogen) atoms. The van der Waals surface area contributed by atoms with Gasteiger partial charge in [0.25, 0.3) is 5.91 Å². The highest BCUT2D eigenvalue weighted by Crippen LogP contribution is 2.24. The number of nitrogens with zero attached hydrogens (tertiary/aromatic N) is 6. The molecule has 4 rings (SSSR count). The van der Waals surface area contributed by atoms with Gasteiger partial charge in [-0.2, -0.15) is 4.52 Å². The van der Waals surface area contributed by atoms with Crippen molar-refractivity contribution in [2.45, 2.75) is 39.2 Å². The molecule has 1 aromatic carbocycles. The third-order valence-electron chi connectivity index (χ3n) is 5.26. The highest BCUT2D eigenvalue weighted by atomic mass is 19.1. The van der Waals surface area contributed by atoms with E-state index < -0.39 is 0 Å². The number of anilines is 1. The Hall–Kier alpha value is -3.56. The minimum Gasteiger partial charge on any atom is -0.451 e. The zero-order valence-corrected chi connectivity index (χ0v) is 17.0. The van der Waals surface area contributed by atoms with Crippen LogP contribution >= 0.6 is 0 Å². The fraction of sp³-hybridized carbons (Fsp3) is 0.350. The highest BCUT2D eigenvalue weighted by molar-refractivity contribution is 5.94. The summed E-state index contributed by atoms with van der Waals surface area (Å²) in [6, 6.07) is 2.81. The van der Waals surface area contributed by atoms with Gasteiger partial charge < -0.3 is 15.1 Å². The molecule has 3 aromatic heterocycles. The molecule has 3 heterocycles. The zero-order valence-electron chi connectivity index (χ0n) is 17.0. The summed E-state index contributed by atoms with van der Waals surface area (Å²) >= 11 is 0. The monoisotopic (exact) mass is 411 g/mol. The SMILES string of the molecule is Cc1cc(F)cc2c1nc(N)n1nc(CCC[C@H](C)N(C)C(=O)c3cocn3)nc21. The molecule has 0 unspecified atom stereocenters. The summed E-state index contributed by atoms with van der Waals surface area (Å²) in [7, 11) is 1.74. The number of hydrogen-bond donors (Lipinski definition) is 1. The van der Waals surface area contributed by atoms with Gasteiger partial charge in [-0.3, -0.25) is 4.79 Å². The van der Waals surface area contributed by atoms with Gasteiger partial charge in [0.1, 0.15) is 12.1 Å². The maximum Gasteiger partial charge on any atom is 0.275 e. The lowest BCUT2D eigenvalue weighted by atomic mass is 10.1. The largest absolute Gasteiger partial charge is 0.451 e. The van der Waals surface area contributed by atoms with E-state index in [4.69, 9.17) is 10.2 Å². The number of oxazole rings is 1. The molecule has 0 bridgehead atoms. The van der Waals surface area contributed by atoms with E-state index in [2.05, 4.69) is 20.1 Å². The maximum atomic E-state index is 13.9. The third kappa shape index (κ3) is 3.56. The molecule has 0 aliphatic carbocycles. The van der Waals surface area contributed by atoms with E-state index in [-0.39, 0.29) is 29.4 Å². The first kappa shape index (κ1) is 19.7. The van der Waals surface area contributed by atoms with Gasteiger partial charge in [0.2, 0.25) is 5.95 Å². The Morgan fingerprint density at radius 2 is 2.17 bits per heavy atom. The molecular weight excluding hydrogens is 389 g/mol. The Balaban J connectivity index is 1.49. The van der Waals surface area contributed by atoms with Gasteiger partial charge in [0.15, 0.2) is 23.6 Å². The Morgan fingerprint density at radius 3 is 2.90 bits per heavy atom. The molecule has 156 valence electrons. The van der Waals surface area contributed by atoms with E-state index in [0.29, 0.717) is 34.4 Å². The van der Waals surface area contributed by atoms with Gasteiger partial charge in [-0.05, 0) is 44.4 Å². The topological polar surface area (TPSA) is 115 Å². The first-order chi connectivity index (χ1) is 14.3. The molecule has 9 nitrogen and oxygen atoms in total. The molecular formula is C20H22FN7O2. The average Bonchev–Trinajstić information content (AvgIpc) is 3.38. The fourth-order valence-corrected chi connectivity index (χ4v) is 3.46. The average molecular weight is 411 g/mol. The van der Waals surface area contributed by atoms with Crippen LogP contribution < -0.4 is 5.73 Å². The molecule has 0 spiro atoms. The van der Waals surface area contributed by atoms with E-state index in [9.17, 15) is 9.18 Å². The lowest BCUT2D eigenvalue weighted by Gasteiger charge is -2.23. The van der Waals surface area contributed by atoms with Gasteiger partial charge in [-0.1, -0.05) is 0 Å². The van der Waals surface area contributed by atoms with Crippen LogP contribution in [0, 0.1) is 12.7 Å². The summed E-state index contributed by atoms with van der Waals surface area (Å²) in [6.07, 6.45) is 4.66. The third-order valence-corrected chi connectivity index (χ3v) is 5.26. The maximum absolute atomic E-state index is 13.9. The first-order valence-corrected chi connectivity index (χ1v) is 9.61. The number of fused-ring (bicyclic) bond motifs is 3. The number of hydrogen-bond acceptors (Lipinski definition) is 7. The Bertz CT molecular complexity index is 1220. The molecule has 0 fully saturated rings. The minimum absolute atomic E-state index is 0.00413. The lowest BCUT2D eigenvalue weighted by molar-refractivity contribution is 0.0730. The van der Waals surface area contributed by atoms with Crippen molar-refractivity contribution in [1.82, 2.24) is 29.5 Å². The van der Waals surface area contributed by atoms with Crippen LogP contribution in [0.4, 0.5) is 10.3 Å². The Labute approximate surface area is 171 Å². The zero-order chi connectivity index (χ0) is 21.4. The van der Waals surface area contributed by atoms with E-state index in [1.165, 1.54) is 29.3 Å². The van der Waals surface area contributed by atoms with E-state index in [1.54, 1.807) is 18.9 Å². The van der Waals surface area contributed by atoms with Crippen molar-refractivity contribution in [3.63, 3.8) is 0 Å². The normalized spacial score (nSPS) is 12.5. The van der Waals surface area contributed by atoms with Crippen LogP contribution in [0.25, 0.3) is 16.6 Å². The number of aryl methyl sites for hydroxylation is 2. The Morgan fingerprint density at radius 1 is 1.37 bits per heavy atom. The fourth-order valence-electron chi connectivity index (χ4n) is 3.46. The van der Waals surface area contributed by atoms with Crippen molar-refractivity contribution in [1.29, 1.82) is 0 Å². The van der Waals surface area contributed by atoms with Crippen LogP contribution in [0.1, 0.15) is 41.6 Å². The predicted molar refractivity (Wildman–Crippen MR) is 108 cm³/mol. The van der Waals surface area contributed by atoms with E-state index in [0.717, 1.165) is 12.8 Å². The van der Waals surface area contributed by atoms with Gasteiger partial charge in [0.05, 0.1) is 5.52 Å². The molecule has 0 aliphatic rings. The molecule has 1 atom stereocenters. The molecule has 4 aromatic rings. The number of rotatable bonds is 6. The van der Waals surface area contributed by atoms with Crippen molar-refractivity contribution in [2.75, 3.05) is 12.8 Å². The smallest absolute Gasteiger partial charge is 0.275 e. The molecule has 2 N–H and O–H groups in total. The summed E-state index contributed by atoms with van der Waals surface area (Å²) in [6.45, 7) is 3.75. The number of halogens is 1. The van der Waals surface area contributed by atoms with Crippen LogP contribution in [-0.2, 0) is 6.42 Å². The summed E-state index contributed by atoms with van der Waals surface area (Å²) in [5.74, 6) is 0.254. The molecule has 0 saturated heterocycles. The lowest BCUT2D eigenvalue weighted by Crippen LogP contribution is -2.35. The summed E-state index contributed by atoms with van der Waals surface area (Å²) in [5, 5.41) is 5.01. The van der Waals surface area contributed by atoms with Crippen molar-refractivity contribution in [3.05, 3.63) is 47.7 Å². The van der Waals surface area contributed by atoms with Crippen LogP contribution in [-0.4, -0.2) is 48.5 Å². The second kappa shape index (κ2) is 7.69. The Kier molecular flexibility index (Phi) is 5.06. The number of nitrogen functional groups attached to an aromatic ring is 1. The summed E-state index contributed by atoms with van der Waals surface area (Å²) < 4.78 is 20.2. The first-order valence-electron chi connectivity index (χ1n) is 9.61. The van der Waals surface area contributed by atoms with Gasteiger partial charge in [0, 0.05) is 24.9 Å². The van der Waals surface area contributed by atoms with Crippen molar-refractivity contribution >= 4 is 28.4 Å². The van der Waals surface area contributed by atoms with Crippen molar-refractivity contribution in [2.24, 2.45) is 0 Å². The van der Waals surface area contributed by atoms with Crippen molar-refractivity contribution < 1.29 is 13.6 Å². The number of aromatic nitrogens is 5. The molecule has 0 aliphatic heterocycles. The van der Waals surface area contributed by atoms with Gasteiger partial charge in [-0.25, -0.2) is 19.3 Å². The molecule has 10 heteroatoms. The number of nitrogens with two attached hydrogens (primary N) is 1. The van der Waals surface area contributed by atoms with E-state index in [1.807, 2.05) is 6.92 Å². The summed E-state index contributed by atoms with van der Waals surface area (Å²) in [4.78, 5) is 26.8. The van der Waals surface area contributed by atoms with Gasteiger partial charge in [-0.15, -0.1) is 5.10 Å². The van der Waals surface area contributed by atoms with Crippen molar-refractivity contribution in [3.8, 4) is 0 Å². The van der Waals surface area contributed by atoms with Crippen LogP contribution in [0.15, 0.2) is 29.2 Å².